The van der Waals surface area contributed by atoms with Crippen LogP contribution < -0.4 is 15.7 Å². The summed E-state index contributed by atoms with van der Waals surface area (Å²) in [5, 5.41) is 10.5. The average molecular weight is 161 g/mol. The number of thiazole rings is 1. The number of aromatic nitrogens is 1. The van der Waals surface area contributed by atoms with Crippen molar-refractivity contribution in [2.45, 2.75) is 0 Å². The van der Waals surface area contributed by atoms with Gasteiger partial charge < -0.3 is 10.1 Å². The van der Waals surface area contributed by atoms with Gasteiger partial charge in [-0.2, -0.15) is 0 Å². The van der Waals surface area contributed by atoms with Crippen LogP contribution in [0.1, 0.15) is 0 Å². The third-order valence-corrected chi connectivity index (χ3v) is 1.89. The zero-order valence-corrected chi connectivity index (χ0v) is 6.10. The Hall–Kier alpha value is -1.01. The van der Waals surface area contributed by atoms with Crippen molar-refractivity contribution in [3.8, 4) is 5.88 Å². The standard InChI is InChI=1S/C4H7N3O2S/c1-7(5)3-2(8)6-4(9)10-3/h8H,5H2,1H3,(H,6,9). The summed E-state index contributed by atoms with van der Waals surface area (Å²) in [4.78, 5) is 12.4. The van der Waals surface area contributed by atoms with Crippen molar-refractivity contribution in [1.29, 1.82) is 0 Å². The lowest BCUT2D eigenvalue weighted by Gasteiger charge is -2.06. The van der Waals surface area contributed by atoms with Crippen LogP contribution in [0.25, 0.3) is 0 Å². The van der Waals surface area contributed by atoms with Crippen LogP contribution >= 0.6 is 11.3 Å². The summed E-state index contributed by atoms with van der Waals surface area (Å²) in [5.41, 5.74) is 0. The lowest BCUT2D eigenvalue weighted by atomic mass is 10.7. The summed E-state index contributed by atoms with van der Waals surface area (Å²) in [6, 6.07) is 0. The fraction of sp³-hybridized carbons (Fsp3) is 0.250. The Morgan fingerprint density at radius 2 is 2.40 bits per heavy atom. The van der Waals surface area contributed by atoms with Crippen molar-refractivity contribution in [3.05, 3.63) is 9.67 Å². The van der Waals surface area contributed by atoms with Gasteiger partial charge in [0.15, 0.2) is 5.00 Å². The monoisotopic (exact) mass is 161 g/mol. The van der Waals surface area contributed by atoms with Crippen molar-refractivity contribution in [3.63, 3.8) is 0 Å². The van der Waals surface area contributed by atoms with Gasteiger partial charge in [0.05, 0.1) is 0 Å². The molecule has 0 amide bonds. The molecule has 0 aromatic carbocycles. The molecule has 1 rings (SSSR count). The quantitative estimate of drug-likeness (QED) is 0.381. The first-order valence-corrected chi connectivity index (χ1v) is 3.33. The van der Waals surface area contributed by atoms with Gasteiger partial charge in [-0.1, -0.05) is 11.3 Å². The Morgan fingerprint density at radius 3 is 2.60 bits per heavy atom. The van der Waals surface area contributed by atoms with Crippen molar-refractivity contribution < 1.29 is 5.11 Å². The molecule has 6 heteroatoms. The van der Waals surface area contributed by atoms with Gasteiger partial charge in [-0.15, -0.1) is 0 Å². The van der Waals surface area contributed by atoms with Gasteiger partial charge in [0.25, 0.3) is 0 Å². The van der Waals surface area contributed by atoms with E-state index in [1.807, 2.05) is 0 Å². The van der Waals surface area contributed by atoms with Crippen molar-refractivity contribution in [2.75, 3.05) is 12.1 Å². The number of hydrogen-bond donors (Lipinski definition) is 3. The van der Waals surface area contributed by atoms with Gasteiger partial charge in [0.1, 0.15) is 0 Å². The van der Waals surface area contributed by atoms with Gasteiger partial charge in [-0.05, 0) is 0 Å². The summed E-state index contributed by atoms with van der Waals surface area (Å²) < 4.78 is 0. The molecular formula is C4H7N3O2S. The molecule has 10 heavy (non-hydrogen) atoms. The number of nitrogens with one attached hydrogen (secondary N) is 1. The molecule has 56 valence electrons. The Balaban J connectivity index is 3.15. The Kier molecular flexibility index (Phi) is 1.64. The van der Waals surface area contributed by atoms with Gasteiger partial charge in [-0.3, -0.25) is 9.78 Å². The maximum Gasteiger partial charge on any atom is 0.309 e. The minimum Gasteiger partial charge on any atom is -0.492 e. The molecule has 0 aliphatic carbocycles. The van der Waals surface area contributed by atoms with Gasteiger partial charge in [0, 0.05) is 7.05 Å². The Bertz CT molecular complexity index is 276. The smallest absolute Gasteiger partial charge is 0.309 e. The Morgan fingerprint density at radius 1 is 1.80 bits per heavy atom. The van der Waals surface area contributed by atoms with E-state index < -0.39 is 0 Å². The predicted octanol–water partition coefficient (Wildman–Crippen LogP) is -0.548. The second-order valence-electron chi connectivity index (χ2n) is 1.78. The fourth-order valence-corrected chi connectivity index (χ4v) is 1.17. The number of nitrogens with two attached hydrogens (primary N) is 1. The van der Waals surface area contributed by atoms with Crippen LogP contribution in [0.5, 0.6) is 5.88 Å². The summed E-state index contributed by atoms with van der Waals surface area (Å²) in [5.74, 6) is 5.07. The number of anilines is 1. The molecule has 0 fully saturated rings. The fourth-order valence-electron chi connectivity index (χ4n) is 0.551. The summed E-state index contributed by atoms with van der Waals surface area (Å²) >= 11 is 0.862. The highest BCUT2D eigenvalue weighted by molar-refractivity contribution is 7.13. The molecule has 0 aliphatic rings. The van der Waals surface area contributed by atoms with Crippen LogP contribution in [0.15, 0.2) is 4.79 Å². The maximum atomic E-state index is 10.5. The number of nitrogens with zero attached hydrogens (tertiary/aromatic N) is 1. The molecular weight excluding hydrogens is 154 g/mol. The molecule has 0 bridgehead atoms. The Labute approximate surface area is 60.7 Å². The largest absolute Gasteiger partial charge is 0.492 e. The number of aromatic amines is 1. The van der Waals surface area contributed by atoms with E-state index in [1.54, 1.807) is 7.05 Å². The highest BCUT2D eigenvalue weighted by Gasteiger charge is 2.07. The first-order chi connectivity index (χ1) is 4.61. The summed E-state index contributed by atoms with van der Waals surface area (Å²) in [7, 11) is 1.54. The number of hydrazine groups is 1. The lowest BCUT2D eigenvalue weighted by Crippen LogP contribution is -2.23. The lowest BCUT2D eigenvalue weighted by molar-refractivity contribution is 0.456. The van der Waals surface area contributed by atoms with E-state index in [9.17, 15) is 4.79 Å². The third-order valence-electron chi connectivity index (χ3n) is 0.933. The average Bonchev–Trinajstić information content (AvgIpc) is 2.10. The van der Waals surface area contributed by atoms with Crippen LogP contribution in [0.3, 0.4) is 0 Å². The second-order valence-corrected chi connectivity index (χ2v) is 2.74. The van der Waals surface area contributed by atoms with E-state index in [0.29, 0.717) is 5.00 Å². The van der Waals surface area contributed by atoms with Crippen molar-refractivity contribution in [1.82, 2.24) is 4.98 Å². The van der Waals surface area contributed by atoms with Crippen molar-refractivity contribution in [2.24, 2.45) is 5.84 Å². The molecule has 5 nitrogen and oxygen atoms in total. The van der Waals surface area contributed by atoms with Crippen LogP contribution in [0.2, 0.25) is 0 Å². The molecule has 4 N–H and O–H groups in total. The van der Waals surface area contributed by atoms with Gasteiger partial charge in [-0.25, -0.2) is 5.84 Å². The second kappa shape index (κ2) is 2.31. The van der Waals surface area contributed by atoms with Crippen LogP contribution in [-0.2, 0) is 0 Å². The van der Waals surface area contributed by atoms with Crippen molar-refractivity contribution >= 4 is 16.3 Å². The minimum atomic E-state index is -0.315. The van der Waals surface area contributed by atoms with Crippen LogP contribution in [-0.4, -0.2) is 17.1 Å². The number of H-pyrrole nitrogens is 1. The third kappa shape index (κ3) is 1.12. The first-order valence-electron chi connectivity index (χ1n) is 2.51. The predicted molar refractivity (Wildman–Crippen MR) is 39.2 cm³/mol. The zero-order chi connectivity index (χ0) is 7.72. The first kappa shape index (κ1) is 7.10. The van der Waals surface area contributed by atoms with E-state index in [4.69, 9.17) is 10.9 Å². The van der Waals surface area contributed by atoms with Crippen LogP contribution in [0.4, 0.5) is 5.00 Å². The van der Waals surface area contributed by atoms with E-state index >= 15 is 0 Å². The summed E-state index contributed by atoms with van der Waals surface area (Å²) in [6.45, 7) is 0. The molecule has 1 heterocycles. The number of aromatic hydroxyl groups is 1. The molecule has 0 saturated heterocycles. The topological polar surface area (TPSA) is 82.3 Å². The van der Waals surface area contributed by atoms with E-state index in [-0.39, 0.29) is 10.8 Å². The van der Waals surface area contributed by atoms with Gasteiger partial charge >= 0.3 is 4.87 Å². The van der Waals surface area contributed by atoms with E-state index in [0.717, 1.165) is 11.3 Å². The molecule has 0 atom stereocenters. The number of rotatable bonds is 1. The van der Waals surface area contributed by atoms with E-state index in [1.165, 1.54) is 5.01 Å². The molecule has 0 unspecified atom stereocenters. The molecule has 0 aliphatic heterocycles. The molecule has 0 spiro atoms. The maximum absolute atomic E-state index is 10.5. The zero-order valence-electron chi connectivity index (χ0n) is 5.29. The highest BCUT2D eigenvalue weighted by atomic mass is 32.1. The normalized spacial score (nSPS) is 9.80. The minimum absolute atomic E-state index is 0.181. The van der Waals surface area contributed by atoms with E-state index in [2.05, 4.69) is 4.98 Å². The molecule has 1 aromatic heterocycles. The SMILES string of the molecule is CN(N)c1sc(=O)[nH]c1O. The van der Waals surface area contributed by atoms with Crippen LogP contribution in [0, 0.1) is 0 Å². The van der Waals surface area contributed by atoms with Gasteiger partial charge in [0.2, 0.25) is 5.88 Å². The molecule has 0 saturated carbocycles. The molecule has 0 radical (unpaired) electrons. The number of hydrogen-bond acceptors (Lipinski definition) is 5. The highest BCUT2D eigenvalue weighted by Crippen LogP contribution is 2.23. The summed E-state index contributed by atoms with van der Waals surface area (Å²) in [6.07, 6.45) is 0. The molecule has 1 aromatic rings.